The smallest absolute Gasteiger partial charge is 0.272 e. The van der Waals surface area contributed by atoms with Crippen LogP contribution in [0.2, 0.25) is 5.02 Å². The maximum atomic E-state index is 13.5. The summed E-state index contributed by atoms with van der Waals surface area (Å²) in [6, 6.07) is 12.3. The summed E-state index contributed by atoms with van der Waals surface area (Å²) in [7, 11) is 0. The zero-order chi connectivity index (χ0) is 19.2. The lowest BCUT2D eigenvalue weighted by atomic mass is 10.2. The summed E-state index contributed by atoms with van der Waals surface area (Å²) in [5.41, 5.74) is 4.88. The number of tetrazole rings is 1. The van der Waals surface area contributed by atoms with Crippen molar-refractivity contribution in [3.8, 4) is 5.69 Å². The van der Waals surface area contributed by atoms with Gasteiger partial charge >= 0.3 is 0 Å². The predicted molar refractivity (Wildman–Crippen MR) is 96.9 cm³/mol. The average molecular weight is 407 g/mol. The number of hydrazine groups is 1. The van der Waals surface area contributed by atoms with Crippen LogP contribution in [0.5, 0.6) is 0 Å². The van der Waals surface area contributed by atoms with E-state index < -0.39 is 17.6 Å². The second kappa shape index (κ2) is 8.60. The van der Waals surface area contributed by atoms with Gasteiger partial charge in [0.15, 0.2) is 0 Å². The van der Waals surface area contributed by atoms with Crippen LogP contribution < -0.4 is 10.9 Å². The molecule has 138 valence electrons. The van der Waals surface area contributed by atoms with Gasteiger partial charge in [-0.3, -0.25) is 20.4 Å². The Balaban J connectivity index is 1.54. The van der Waals surface area contributed by atoms with Crippen molar-refractivity contribution in [2.75, 3.05) is 5.75 Å². The van der Waals surface area contributed by atoms with E-state index in [0.29, 0.717) is 15.9 Å². The molecule has 8 nitrogen and oxygen atoms in total. The fourth-order valence-electron chi connectivity index (χ4n) is 2.02. The molecule has 3 aromatic rings. The molecule has 0 saturated carbocycles. The molecule has 0 atom stereocenters. The number of rotatable bonds is 5. The highest BCUT2D eigenvalue weighted by Crippen LogP contribution is 2.19. The maximum absolute atomic E-state index is 13.5. The number of amides is 2. The number of carbonyl (C=O) groups excluding carboxylic acids is 2. The number of hydrogen-bond acceptors (Lipinski definition) is 6. The van der Waals surface area contributed by atoms with Crippen LogP contribution in [0.1, 0.15) is 10.4 Å². The van der Waals surface area contributed by atoms with Crippen molar-refractivity contribution in [1.29, 1.82) is 0 Å². The number of carbonyl (C=O) groups is 2. The standard InChI is InChI=1S/C16H12ClFN6O2S/c17-10-5-7-11(8-6-10)24-16(21-22-23-24)27-9-14(25)19-20-15(26)12-3-1-2-4-13(12)18/h1-8H,9H2,(H,19,25)(H,20,26). The zero-order valence-electron chi connectivity index (χ0n) is 13.6. The molecule has 2 N–H and O–H groups in total. The van der Waals surface area contributed by atoms with Crippen LogP contribution in [0.25, 0.3) is 5.69 Å². The molecule has 0 radical (unpaired) electrons. The normalized spacial score (nSPS) is 10.4. The molecule has 0 aliphatic heterocycles. The molecule has 0 unspecified atom stereocenters. The molecule has 0 aliphatic rings. The lowest BCUT2D eigenvalue weighted by molar-refractivity contribution is -0.119. The first-order chi connectivity index (χ1) is 13.0. The van der Waals surface area contributed by atoms with Gasteiger partial charge in [0.1, 0.15) is 5.82 Å². The van der Waals surface area contributed by atoms with Crippen LogP contribution in [0.15, 0.2) is 53.7 Å². The Hall–Kier alpha value is -2.98. The molecule has 0 spiro atoms. The van der Waals surface area contributed by atoms with Gasteiger partial charge in [-0.25, -0.2) is 4.39 Å². The Morgan fingerprint density at radius 2 is 1.85 bits per heavy atom. The number of benzene rings is 2. The Labute approximate surface area is 162 Å². The number of aromatic nitrogens is 4. The first-order valence-corrected chi connectivity index (χ1v) is 8.92. The number of nitrogens with one attached hydrogen (secondary N) is 2. The molecule has 0 aliphatic carbocycles. The third-order valence-electron chi connectivity index (χ3n) is 3.28. The van der Waals surface area contributed by atoms with E-state index in [0.717, 1.165) is 17.8 Å². The van der Waals surface area contributed by atoms with E-state index in [9.17, 15) is 14.0 Å². The molecule has 3 rings (SSSR count). The molecule has 11 heteroatoms. The summed E-state index contributed by atoms with van der Waals surface area (Å²) in [6.07, 6.45) is 0. The Bertz CT molecular complexity index is 966. The van der Waals surface area contributed by atoms with E-state index in [4.69, 9.17) is 11.6 Å². The number of nitrogens with zero attached hydrogens (tertiary/aromatic N) is 4. The minimum absolute atomic E-state index is 0.0640. The molecule has 0 saturated heterocycles. The van der Waals surface area contributed by atoms with Gasteiger partial charge in [-0.05, 0) is 46.8 Å². The SMILES string of the molecule is O=C(CSc1nnnn1-c1ccc(Cl)cc1)NNC(=O)c1ccccc1F. The van der Waals surface area contributed by atoms with Gasteiger partial charge in [0.25, 0.3) is 5.91 Å². The van der Waals surface area contributed by atoms with E-state index in [2.05, 4.69) is 26.4 Å². The molecule has 1 aromatic heterocycles. The number of halogens is 2. The van der Waals surface area contributed by atoms with Crippen molar-refractivity contribution >= 4 is 35.2 Å². The van der Waals surface area contributed by atoms with Gasteiger partial charge < -0.3 is 0 Å². The van der Waals surface area contributed by atoms with Crippen molar-refractivity contribution in [2.45, 2.75) is 5.16 Å². The summed E-state index contributed by atoms with van der Waals surface area (Å²) in [6.45, 7) is 0. The molecular formula is C16H12ClFN6O2S. The first kappa shape index (κ1) is 18.8. The van der Waals surface area contributed by atoms with Gasteiger partial charge in [0.2, 0.25) is 11.1 Å². The molecule has 0 fully saturated rings. The minimum atomic E-state index is -0.752. The largest absolute Gasteiger partial charge is 0.272 e. The second-order valence-electron chi connectivity index (χ2n) is 5.12. The topological polar surface area (TPSA) is 102 Å². The Kier molecular flexibility index (Phi) is 5.99. The Morgan fingerprint density at radius 3 is 2.59 bits per heavy atom. The highest BCUT2D eigenvalue weighted by molar-refractivity contribution is 7.99. The number of hydrogen-bond donors (Lipinski definition) is 2. The molecule has 1 heterocycles. The van der Waals surface area contributed by atoms with Gasteiger partial charge in [-0.15, -0.1) is 5.10 Å². The van der Waals surface area contributed by atoms with Gasteiger partial charge in [0, 0.05) is 5.02 Å². The molecule has 2 amide bonds. The van der Waals surface area contributed by atoms with Gasteiger partial charge in [-0.2, -0.15) is 4.68 Å². The highest BCUT2D eigenvalue weighted by Gasteiger charge is 2.14. The van der Waals surface area contributed by atoms with E-state index in [1.807, 2.05) is 0 Å². The first-order valence-electron chi connectivity index (χ1n) is 7.55. The fourth-order valence-corrected chi connectivity index (χ4v) is 2.84. The molecular weight excluding hydrogens is 395 g/mol. The van der Waals surface area contributed by atoms with Crippen LogP contribution in [-0.2, 0) is 4.79 Å². The highest BCUT2D eigenvalue weighted by atomic mass is 35.5. The van der Waals surface area contributed by atoms with Crippen LogP contribution in [0.3, 0.4) is 0 Å². The van der Waals surface area contributed by atoms with E-state index in [1.165, 1.54) is 22.9 Å². The Morgan fingerprint density at radius 1 is 1.11 bits per heavy atom. The summed E-state index contributed by atoms with van der Waals surface area (Å²) in [5.74, 6) is -2.00. The quantitative estimate of drug-likeness (QED) is 0.496. The van der Waals surface area contributed by atoms with Crippen molar-refractivity contribution in [3.63, 3.8) is 0 Å². The van der Waals surface area contributed by atoms with Gasteiger partial charge in [0.05, 0.1) is 17.0 Å². The zero-order valence-corrected chi connectivity index (χ0v) is 15.2. The van der Waals surface area contributed by atoms with Crippen LogP contribution in [0, 0.1) is 5.82 Å². The van der Waals surface area contributed by atoms with Crippen LogP contribution in [0.4, 0.5) is 4.39 Å². The lowest BCUT2D eigenvalue weighted by Crippen LogP contribution is -2.42. The van der Waals surface area contributed by atoms with Crippen molar-refractivity contribution in [3.05, 3.63) is 64.9 Å². The summed E-state index contributed by atoms with van der Waals surface area (Å²) in [5, 5.41) is 12.3. The summed E-state index contributed by atoms with van der Waals surface area (Å²) < 4.78 is 15.0. The van der Waals surface area contributed by atoms with E-state index in [1.54, 1.807) is 24.3 Å². The predicted octanol–water partition coefficient (Wildman–Crippen LogP) is 2.01. The minimum Gasteiger partial charge on any atom is -0.272 e. The summed E-state index contributed by atoms with van der Waals surface area (Å²) >= 11 is 6.92. The van der Waals surface area contributed by atoms with Crippen LogP contribution in [-0.4, -0.2) is 37.8 Å². The summed E-state index contributed by atoms with van der Waals surface area (Å²) in [4.78, 5) is 23.8. The third kappa shape index (κ3) is 4.80. The van der Waals surface area contributed by atoms with E-state index in [-0.39, 0.29) is 11.3 Å². The van der Waals surface area contributed by atoms with Crippen molar-refractivity contribution in [1.82, 2.24) is 31.1 Å². The van der Waals surface area contributed by atoms with Crippen molar-refractivity contribution < 1.29 is 14.0 Å². The lowest BCUT2D eigenvalue weighted by Gasteiger charge is -2.08. The van der Waals surface area contributed by atoms with E-state index >= 15 is 0 Å². The van der Waals surface area contributed by atoms with Crippen molar-refractivity contribution in [2.24, 2.45) is 0 Å². The average Bonchev–Trinajstić information content (AvgIpc) is 3.14. The second-order valence-corrected chi connectivity index (χ2v) is 6.50. The fraction of sp³-hybridized carbons (Fsp3) is 0.0625. The molecule has 2 aromatic carbocycles. The maximum Gasteiger partial charge on any atom is 0.272 e. The monoisotopic (exact) mass is 406 g/mol. The van der Waals surface area contributed by atoms with Crippen LogP contribution >= 0.6 is 23.4 Å². The number of thioether (sulfide) groups is 1. The molecule has 0 bridgehead atoms. The van der Waals surface area contributed by atoms with Gasteiger partial charge in [-0.1, -0.05) is 35.5 Å². The third-order valence-corrected chi connectivity index (χ3v) is 4.45. The molecule has 27 heavy (non-hydrogen) atoms.